The molecule has 1 aliphatic rings. The summed E-state index contributed by atoms with van der Waals surface area (Å²) in [5.74, 6) is 0.0362. The molecule has 0 radical (unpaired) electrons. The van der Waals surface area contributed by atoms with Crippen LogP contribution in [0.4, 0.5) is 0 Å². The lowest BCUT2D eigenvalue weighted by Gasteiger charge is -2.32. The van der Waals surface area contributed by atoms with E-state index >= 15 is 0 Å². The number of carbonyl (C=O) groups excluding carboxylic acids is 1. The van der Waals surface area contributed by atoms with E-state index in [0.29, 0.717) is 13.0 Å². The second-order valence-electron chi connectivity index (χ2n) is 5.03. The zero-order valence-corrected chi connectivity index (χ0v) is 12.7. The zero-order chi connectivity index (χ0) is 14.4. The summed E-state index contributed by atoms with van der Waals surface area (Å²) in [6.07, 6.45) is 0.505. The van der Waals surface area contributed by atoms with Gasteiger partial charge in [0.15, 0.2) is 0 Å². The van der Waals surface area contributed by atoms with Crippen molar-refractivity contribution >= 4 is 18.5 Å². The number of benzene rings is 1. The quantitative estimate of drug-likeness (QED) is 0.806. The van der Waals surface area contributed by atoms with Gasteiger partial charge in [-0.05, 0) is 24.2 Å². The van der Waals surface area contributed by atoms with Crippen LogP contribution in [0.25, 0.3) is 0 Å². The number of likely N-dealkylation sites (N-methyl/N-ethyl adjacent to an activating group) is 1. The van der Waals surface area contributed by atoms with Crippen LogP contribution in [0.1, 0.15) is 12.5 Å². The van der Waals surface area contributed by atoms with Crippen LogP contribution < -0.4 is 5.32 Å². The minimum atomic E-state index is 0.0362. The number of thiol groups is 1. The Morgan fingerprint density at radius 1 is 1.45 bits per heavy atom. The van der Waals surface area contributed by atoms with Gasteiger partial charge in [-0.25, -0.2) is 0 Å². The highest BCUT2D eigenvalue weighted by atomic mass is 32.1. The molecule has 1 aromatic carbocycles. The standard InChI is InChI=1S/C15H22N2O2S/c1-2-17-7-8-19-13(11-17)10-16-15(18)9-12-3-5-14(20)6-4-12/h3-6,13,20H,2,7-11H2,1H3,(H,16,18). The molecule has 5 heteroatoms. The smallest absolute Gasteiger partial charge is 0.224 e. The van der Waals surface area contributed by atoms with Crippen molar-refractivity contribution in [2.75, 3.05) is 32.8 Å². The van der Waals surface area contributed by atoms with Crippen LogP contribution in [-0.4, -0.2) is 49.7 Å². The number of amides is 1. The SMILES string of the molecule is CCN1CCOC(CNC(=O)Cc2ccc(S)cc2)C1. The van der Waals surface area contributed by atoms with Gasteiger partial charge in [0, 0.05) is 24.5 Å². The lowest BCUT2D eigenvalue weighted by Crippen LogP contribution is -2.47. The first-order valence-corrected chi connectivity index (χ1v) is 7.50. The van der Waals surface area contributed by atoms with Crippen LogP contribution in [0.3, 0.4) is 0 Å². The Hall–Kier alpha value is -1.04. The molecule has 1 heterocycles. The minimum absolute atomic E-state index is 0.0362. The summed E-state index contributed by atoms with van der Waals surface area (Å²) >= 11 is 4.23. The number of morpholine rings is 1. The predicted molar refractivity (Wildman–Crippen MR) is 82.3 cm³/mol. The van der Waals surface area contributed by atoms with Crippen molar-refractivity contribution < 1.29 is 9.53 Å². The number of nitrogens with zero attached hydrogens (tertiary/aromatic N) is 1. The van der Waals surface area contributed by atoms with E-state index in [0.717, 1.165) is 36.7 Å². The van der Waals surface area contributed by atoms with Crippen molar-refractivity contribution in [2.45, 2.75) is 24.3 Å². The average molecular weight is 294 g/mol. The number of hydrogen-bond acceptors (Lipinski definition) is 4. The van der Waals surface area contributed by atoms with Crippen molar-refractivity contribution in [1.29, 1.82) is 0 Å². The molecule has 0 aromatic heterocycles. The molecule has 4 nitrogen and oxygen atoms in total. The highest BCUT2D eigenvalue weighted by Crippen LogP contribution is 2.08. The van der Waals surface area contributed by atoms with Crippen molar-refractivity contribution in [2.24, 2.45) is 0 Å². The molecule has 1 fully saturated rings. The van der Waals surface area contributed by atoms with Crippen molar-refractivity contribution in [1.82, 2.24) is 10.2 Å². The van der Waals surface area contributed by atoms with E-state index < -0.39 is 0 Å². The lowest BCUT2D eigenvalue weighted by molar-refractivity contribution is -0.121. The van der Waals surface area contributed by atoms with E-state index in [1.54, 1.807) is 0 Å². The van der Waals surface area contributed by atoms with Gasteiger partial charge in [-0.1, -0.05) is 19.1 Å². The third-order valence-electron chi connectivity index (χ3n) is 3.50. The molecule has 1 aromatic rings. The topological polar surface area (TPSA) is 41.6 Å². The van der Waals surface area contributed by atoms with Gasteiger partial charge >= 0.3 is 0 Å². The third kappa shape index (κ3) is 4.81. The Morgan fingerprint density at radius 2 is 2.20 bits per heavy atom. The van der Waals surface area contributed by atoms with E-state index in [1.165, 1.54) is 0 Å². The maximum atomic E-state index is 11.9. The van der Waals surface area contributed by atoms with E-state index in [1.807, 2.05) is 24.3 Å². The number of hydrogen-bond donors (Lipinski definition) is 2. The number of nitrogens with one attached hydrogen (secondary N) is 1. The van der Waals surface area contributed by atoms with Crippen LogP contribution in [0.2, 0.25) is 0 Å². The maximum absolute atomic E-state index is 11.9. The highest BCUT2D eigenvalue weighted by molar-refractivity contribution is 7.80. The molecule has 1 N–H and O–H groups in total. The largest absolute Gasteiger partial charge is 0.374 e. The summed E-state index contributed by atoms with van der Waals surface area (Å²) < 4.78 is 5.66. The molecular formula is C15H22N2O2S. The number of rotatable bonds is 5. The van der Waals surface area contributed by atoms with Gasteiger partial charge in [-0.15, -0.1) is 12.6 Å². The number of carbonyl (C=O) groups is 1. The molecule has 20 heavy (non-hydrogen) atoms. The molecule has 0 bridgehead atoms. The van der Waals surface area contributed by atoms with E-state index in [2.05, 4.69) is 29.8 Å². The molecule has 1 atom stereocenters. The molecular weight excluding hydrogens is 272 g/mol. The predicted octanol–water partition coefficient (Wildman–Crippen LogP) is 1.35. The summed E-state index contributed by atoms with van der Waals surface area (Å²) in [4.78, 5) is 15.1. The van der Waals surface area contributed by atoms with Crippen LogP contribution >= 0.6 is 12.6 Å². The van der Waals surface area contributed by atoms with E-state index in [9.17, 15) is 4.79 Å². The van der Waals surface area contributed by atoms with Gasteiger partial charge in [0.05, 0.1) is 19.1 Å². The van der Waals surface area contributed by atoms with Crippen LogP contribution in [-0.2, 0) is 16.0 Å². The fourth-order valence-electron chi connectivity index (χ4n) is 2.28. The highest BCUT2D eigenvalue weighted by Gasteiger charge is 2.19. The van der Waals surface area contributed by atoms with Crippen LogP contribution in [0, 0.1) is 0 Å². The molecule has 1 aliphatic heterocycles. The average Bonchev–Trinajstić information content (AvgIpc) is 2.48. The van der Waals surface area contributed by atoms with Gasteiger partial charge < -0.3 is 10.1 Å². The Balaban J connectivity index is 1.73. The summed E-state index contributed by atoms with van der Waals surface area (Å²) in [5.41, 5.74) is 1.00. The second kappa shape index (κ2) is 7.67. The Labute approximate surface area is 125 Å². The molecule has 110 valence electrons. The molecule has 0 aliphatic carbocycles. The van der Waals surface area contributed by atoms with Crippen LogP contribution in [0.15, 0.2) is 29.2 Å². The van der Waals surface area contributed by atoms with E-state index in [4.69, 9.17) is 4.74 Å². The van der Waals surface area contributed by atoms with E-state index in [-0.39, 0.29) is 12.0 Å². The van der Waals surface area contributed by atoms with Gasteiger partial charge in [-0.2, -0.15) is 0 Å². The van der Waals surface area contributed by atoms with Crippen molar-refractivity contribution in [3.05, 3.63) is 29.8 Å². The Morgan fingerprint density at radius 3 is 2.90 bits per heavy atom. The molecule has 0 spiro atoms. The van der Waals surface area contributed by atoms with Gasteiger partial charge in [0.1, 0.15) is 0 Å². The minimum Gasteiger partial charge on any atom is -0.374 e. The van der Waals surface area contributed by atoms with Crippen molar-refractivity contribution in [3.8, 4) is 0 Å². The summed E-state index contributed by atoms with van der Waals surface area (Å²) in [6.45, 7) is 6.38. The normalized spacial score (nSPS) is 19.8. The molecule has 1 saturated heterocycles. The first-order valence-electron chi connectivity index (χ1n) is 7.06. The Bertz CT molecular complexity index is 436. The summed E-state index contributed by atoms with van der Waals surface area (Å²) in [5, 5.41) is 2.95. The van der Waals surface area contributed by atoms with Crippen molar-refractivity contribution in [3.63, 3.8) is 0 Å². The second-order valence-corrected chi connectivity index (χ2v) is 5.55. The molecule has 2 rings (SSSR count). The fourth-order valence-corrected chi connectivity index (χ4v) is 2.43. The molecule has 0 saturated carbocycles. The third-order valence-corrected chi connectivity index (χ3v) is 3.80. The summed E-state index contributed by atoms with van der Waals surface area (Å²) in [6, 6.07) is 7.65. The lowest BCUT2D eigenvalue weighted by atomic mass is 10.1. The molecule has 1 amide bonds. The number of ether oxygens (including phenoxy) is 1. The first-order chi connectivity index (χ1) is 9.67. The first kappa shape index (κ1) is 15.4. The fraction of sp³-hybridized carbons (Fsp3) is 0.533. The Kier molecular flexibility index (Phi) is 5.88. The molecule has 1 unspecified atom stereocenters. The maximum Gasteiger partial charge on any atom is 0.224 e. The van der Waals surface area contributed by atoms with Gasteiger partial charge in [0.2, 0.25) is 5.91 Å². The van der Waals surface area contributed by atoms with Gasteiger partial charge in [-0.3, -0.25) is 9.69 Å². The van der Waals surface area contributed by atoms with Gasteiger partial charge in [0.25, 0.3) is 0 Å². The monoisotopic (exact) mass is 294 g/mol. The zero-order valence-electron chi connectivity index (χ0n) is 11.8. The summed E-state index contributed by atoms with van der Waals surface area (Å²) in [7, 11) is 0. The van der Waals surface area contributed by atoms with Crippen LogP contribution in [0.5, 0.6) is 0 Å².